The average molecular weight is 509 g/mol. The number of halogens is 3. The van der Waals surface area contributed by atoms with Gasteiger partial charge in [-0.3, -0.25) is 14.5 Å². The maximum Gasteiger partial charge on any atom is 0.293 e. The van der Waals surface area contributed by atoms with Gasteiger partial charge in [-0.2, -0.15) is 0 Å². The van der Waals surface area contributed by atoms with Crippen LogP contribution in [-0.4, -0.2) is 16.0 Å². The van der Waals surface area contributed by atoms with E-state index in [1.165, 1.54) is 4.90 Å². The van der Waals surface area contributed by atoms with Crippen molar-refractivity contribution in [3.63, 3.8) is 0 Å². The number of hydrogen-bond acceptors (Lipinski definition) is 4. The lowest BCUT2D eigenvalue weighted by Crippen LogP contribution is -2.27. The molecule has 8 heteroatoms. The molecule has 0 radical (unpaired) electrons. The molecule has 0 atom stereocenters. The fourth-order valence-corrected chi connectivity index (χ4v) is 4.15. The molecule has 1 aliphatic heterocycles. The lowest BCUT2D eigenvalue weighted by molar-refractivity contribution is -0.123. The van der Waals surface area contributed by atoms with Crippen molar-refractivity contribution in [2.45, 2.75) is 6.54 Å². The molecule has 0 bridgehead atoms. The summed E-state index contributed by atoms with van der Waals surface area (Å²) in [6, 6.07) is 16.2. The van der Waals surface area contributed by atoms with E-state index in [2.05, 4.69) is 15.9 Å². The van der Waals surface area contributed by atoms with E-state index in [9.17, 15) is 9.59 Å². The first-order valence-corrected chi connectivity index (χ1v) is 10.8. The third kappa shape index (κ3) is 4.46. The van der Waals surface area contributed by atoms with Crippen molar-refractivity contribution >= 4 is 68.1 Å². The van der Waals surface area contributed by atoms with Crippen molar-refractivity contribution < 1.29 is 14.0 Å². The van der Waals surface area contributed by atoms with Gasteiger partial charge in [-0.1, -0.05) is 51.3 Å². The minimum atomic E-state index is -0.338. The standard InChI is InChI=1S/C21H12BrCl2NO3S/c22-14-4-1-12(2-5-14)11-25-20(26)19(29-21(25)27)10-15-6-8-18(28-15)13-3-7-16(23)17(24)9-13/h1-10H,11H2/b19-10-. The van der Waals surface area contributed by atoms with E-state index in [0.717, 1.165) is 27.4 Å². The van der Waals surface area contributed by atoms with Crippen molar-refractivity contribution in [3.8, 4) is 11.3 Å². The Kier molecular flexibility index (Phi) is 5.88. The number of furan rings is 1. The number of benzene rings is 2. The summed E-state index contributed by atoms with van der Waals surface area (Å²) < 4.78 is 6.73. The van der Waals surface area contributed by atoms with Gasteiger partial charge in [-0.25, -0.2) is 0 Å². The number of carbonyl (C=O) groups is 2. The highest BCUT2D eigenvalue weighted by Crippen LogP contribution is 2.35. The van der Waals surface area contributed by atoms with Gasteiger partial charge in [0.25, 0.3) is 11.1 Å². The normalized spacial score (nSPS) is 15.6. The maximum absolute atomic E-state index is 12.7. The zero-order valence-corrected chi connectivity index (χ0v) is 18.6. The van der Waals surface area contributed by atoms with Crippen LogP contribution in [0.3, 0.4) is 0 Å². The van der Waals surface area contributed by atoms with Crippen molar-refractivity contribution in [2.24, 2.45) is 0 Å². The molecule has 1 aliphatic rings. The van der Waals surface area contributed by atoms with Crippen molar-refractivity contribution in [1.29, 1.82) is 0 Å². The minimum Gasteiger partial charge on any atom is -0.457 e. The van der Waals surface area contributed by atoms with E-state index in [0.29, 0.717) is 26.5 Å². The van der Waals surface area contributed by atoms with Crippen LogP contribution < -0.4 is 0 Å². The molecule has 1 fully saturated rings. The van der Waals surface area contributed by atoms with Crippen LogP contribution in [0.5, 0.6) is 0 Å². The Morgan fingerprint density at radius 3 is 2.48 bits per heavy atom. The van der Waals surface area contributed by atoms with E-state index in [1.54, 1.807) is 36.4 Å². The predicted molar refractivity (Wildman–Crippen MR) is 120 cm³/mol. The fourth-order valence-electron chi connectivity index (χ4n) is 2.77. The second-order valence-corrected chi connectivity index (χ2v) is 8.95. The SMILES string of the molecule is O=C1S/C(=C\c2ccc(-c3ccc(Cl)c(Cl)c3)o2)C(=O)N1Cc1ccc(Br)cc1. The summed E-state index contributed by atoms with van der Waals surface area (Å²) in [5.41, 5.74) is 1.64. The number of imide groups is 1. The molecule has 2 heterocycles. The van der Waals surface area contributed by atoms with Crippen LogP contribution in [0.4, 0.5) is 4.79 Å². The first-order valence-electron chi connectivity index (χ1n) is 8.46. The number of rotatable bonds is 4. The van der Waals surface area contributed by atoms with Crippen LogP contribution >= 0.6 is 50.9 Å². The lowest BCUT2D eigenvalue weighted by Gasteiger charge is -2.12. The molecular weight excluding hydrogens is 497 g/mol. The summed E-state index contributed by atoms with van der Waals surface area (Å²) in [7, 11) is 0. The highest BCUT2D eigenvalue weighted by Gasteiger charge is 2.35. The molecule has 2 aromatic carbocycles. The summed E-state index contributed by atoms with van der Waals surface area (Å²) >= 11 is 16.3. The third-order valence-electron chi connectivity index (χ3n) is 4.23. The molecule has 2 amide bonds. The van der Waals surface area contributed by atoms with Gasteiger partial charge >= 0.3 is 0 Å². The lowest BCUT2D eigenvalue weighted by atomic mass is 10.2. The van der Waals surface area contributed by atoms with Crippen LogP contribution in [0.25, 0.3) is 17.4 Å². The summed E-state index contributed by atoms with van der Waals surface area (Å²) in [4.78, 5) is 26.5. The van der Waals surface area contributed by atoms with Crippen LogP contribution in [0, 0.1) is 0 Å². The van der Waals surface area contributed by atoms with Crippen LogP contribution in [0.2, 0.25) is 10.0 Å². The Morgan fingerprint density at radius 2 is 1.76 bits per heavy atom. The second-order valence-electron chi connectivity index (χ2n) is 6.23. The quantitative estimate of drug-likeness (QED) is 0.348. The molecule has 29 heavy (non-hydrogen) atoms. The summed E-state index contributed by atoms with van der Waals surface area (Å²) in [6.07, 6.45) is 1.58. The molecule has 4 rings (SSSR count). The molecule has 0 saturated carbocycles. The molecule has 0 aliphatic carbocycles. The van der Waals surface area contributed by atoms with Gasteiger partial charge in [0.15, 0.2) is 0 Å². The van der Waals surface area contributed by atoms with Crippen molar-refractivity contribution in [3.05, 3.63) is 85.3 Å². The number of hydrogen-bond donors (Lipinski definition) is 0. The molecule has 146 valence electrons. The van der Waals surface area contributed by atoms with Gasteiger partial charge < -0.3 is 4.42 Å². The summed E-state index contributed by atoms with van der Waals surface area (Å²) in [5, 5.41) is 0.582. The molecule has 1 saturated heterocycles. The molecule has 0 spiro atoms. The Morgan fingerprint density at radius 1 is 1.00 bits per heavy atom. The molecule has 1 aromatic heterocycles. The largest absolute Gasteiger partial charge is 0.457 e. The molecule has 0 unspecified atom stereocenters. The molecule has 0 N–H and O–H groups in total. The van der Waals surface area contributed by atoms with E-state index >= 15 is 0 Å². The van der Waals surface area contributed by atoms with Crippen LogP contribution in [0.1, 0.15) is 11.3 Å². The topological polar surface area (TPSA) is 50.5 Å². The van der Waals surface area contributed by atoms with Gasteiger partial charge in [-0.15, -0.1) is 0 Å². The first-order chi connectivity index (χ1) is 13.9. The Bertz CT molecular complexity index is 1140. The third-order valence-corrected chi connectivity index (χ3v) is 6.41. The molecular formula is C21H12BrCl2NO3S. The van der Waals surface area contributed by atoms with Gasteiger partial charge in [0.05, 0.1) is 21.5 Å². The second kappa shape index (κ2) is 8.40. The van der Waals surface area contributed by atoms with Gasteiger partial charge in [-0.05, 0) is 59.8 Å². The molecule has 3 aromatic rings. The van der Waals surface area contributed by atoms with Crippen molar-refractivity contribution in [1.82, 2.24) is 4.90 Å². The Hall–Kier alpha value is -1.99. The van der Waals surface area contributed by atoms with Crippen molar-refractivity contribution in [2.75, 3.05) is 0 Å². The van der Waals surface area contributed by atoms with Gasteiger partial charge in [0.1, 0.15) is 11.5 Å². The number of nitrogens with zero attached hydrogens (tertiary/aromatic N) is 1. The number of amides is 2. The molecule has 4 nitrogen and oxygen atoms in total. The van der Waals surface area contributed by atoms with E-state index in [1.807, 2.05) is 24.3 Å². The predicted octanol–water partition coefficient (Wildman–Crippen LogP) is 7.25. The van der Waals surface area contributed by atoms with Crippen LogP contribution in [-0.2, 0) is 11.3 Å². The van der Waals surface area contributed by atoms with Gasteiger partial charge in [0, 0.05) is 16.1 Å². The summed E-state index contributed by atoms with van der Waals surface area (Å²) in [5.74, 6) is 0.722. The van der Waals surface area contributed by atoms with Gasteiger partial charge in [0.2, 0.25) is 0 Å². The first kappa shape index (κ1) is 20.3. The highest BCUT2D eigenvalue weighted by atomic mass is 79.9. The fraction of sp³-hybridized carbons (Fsp3) is 0.0476. The smallest absolute Gasteiger partial charge is 0.293 e. The Labute approximate surface area is 189 Å². The minimum absolute atomic E-state index is 0.224. The van der Waals surface area contributed by atoms with E-state index in [4.69, 9.17) is 27.6 Å². The maximum atomic E-state index is 12.7. The highest BCUT2D eigenvalue weighted by molar-refractivity contribution is 9.10. The monoisotopic (exact) mass is 507 g/mol. The Balaban J connectivity index is 1.53. The zero-order chi connectivity index (χ0) is 20.5. The number of carbonyl (C=O) groups excluding carboxylic acids is 2. The van der Waals surface area contributed by atoms with E-state index < -0.39 is 0 Å². The van der Waals surface area contributed by atoms with Crippen LogP contribution in [0.15, 0.2) is 68.4 Å². The summed E-state index contributed by atoms with van der Waals surface area (Å²) in [6.45, 7) is 0.224. The average Bonchev–Trinajstić information content (AvgIpc) is 3.26. The van der Waals surface area contributed by atoms with E-state index in [-0.39, 0.29) is 17.7 Å². The zero-order valence-electron chi connectivity index (χ0n) is 14.7. The number of thioether (sulfide) groups is 1.